The van der Waals surface area contributed by atoms with E-state index in [-0.39, 0.29) is 6.04 Å². The molecule has 0 heterocycles. The van der Waals surface area contributed by atoms with Crippen LogP contribution in [-0.2, 0) is 4.57 Å². The van der Waals surface area contributed by atoms with Crippen molar-refractivity contribution in [3.05, 3.63) is 78.2 Å². The monoisotopic (exact) mass is 423 g/mol. The minimum atomic E-state index is -3.00. The summed E-state index contributed by atoms with van der Waals surface area (Å²) in [5, 5.41) is 6.75. The van der Waals surface area contributed by atoms with Crippen molar-refractivity contribution in [1.82, 2.24) is 5.09 Å². The van der Waals surface area contributed by atoms with Crippen LogP contribution in [0.15, 0.2) is 78.2 Å². The van der Waals surface area contributed by atoms with Crippen LogP contribution >= 0.6 is 7.29 Å². The van der Waals surface area contributed by atoms with Crippen LogP contribution in [-0.4, -0.2) is 14.1 Å². The van der Waals surface area contributed by atoms with E-state index in [2.05, 4.69) is 37.0 Å². The Balaban J connectivity index is 2.10. The summed E-state index contributed by atoms with van der Waals surface area (Å²) >= 11 is 0. The fourth-order valence-corrected chi connectivity index (χ4v) is 8.89. The van der Waals surface area contributed by atoms with Gasteiger partial charge in [-0.05, 0) is 48.2 Å². The summed E-state index contributed by atoms with van der Waals surface area (Å²) < 4.78 is 14.7. The minimum absolute atomic E-state index is 0.0608. The number of rotatable bonds is 7. The van der Waals surface area contributed by atoms with Gasteiger partial charge in [0.1, 0.15) is 0 Å². The second kappa shape index (κ2) is 9.45. The van der Waals surface area contributed by atoms with Gasteiger partial charge in [0.2, 0.25) is 7.29 Å². The zero-order valence-electron chi connectivity index (χ0n) is 18.0. The summed E-state index contributed by atoms with van der Waals surface area (Å²) in [6.07, 6.45) is 6.16. The Hall–Kier alpha value is -1.63. The van der Waals surface area contributed by atoms with E-state index < -0.39 is 15.4 Å². The van der Waals surface area contributed by atoms with Crippen LogP contribution in [0.25, 0.3) is 0 Å². The third-order valence-electron chi connectivity index (χ3n) is 5.99. The van der Waals surface area contributed by atoms with Crippen LogP contribution in [0, 0.1) is 5.92 Å². The molecule has 1 atom stereocenters. The van der Waals surface area contributed by atoms with Gasteiger partial charge in [-0.3, -0.25) is 9.65 Å². The fourth-order valence-electron chi connectivity index (χ4n) is 4.48. The molecule has 1 fully saturated rings. The normalized spacial score (nSPS) is 16.8. The summed E-state index contributed by atoms with van der Waals surface area (Å²) in [5.41, 5.74) is 3.31. The molecule has 0 aliphatic heterocycles. The Bertz CT molecular complexity index is 848. The summed E-state index contributed by atoms with van der Waals surface area (Å²) in [6, 6.07) is 19.9. The highest BCUT2D eigenvalue weighted by Gasteiger charge is 2.39. The maximum atomic E-state index is 14.7. The van der Waals surface area contributed by atoms with Crippen LogP contribution in [0.5, 0.6) is 0 Å². The van der Waals surface area contributed by atoms with Crippen LogP contribution in [0.2, 0.25) is 19.6 Å². The number of nitrogens with one attached hydrogen (secondary N) is 1. The van der Waals surface area contributed by atoms with Gasteiger partial charge in [-0.2, -0.15) is 0 Å². The first-order chi connectivity index (χ1) is 13.9. The Labute approximate surface area is 177 Å². The molecule has 3 rings (SSSR count). The molecule has 0 aromatic heterocycles. The first kappa shape index (κ1) is 22.1. The van der Waals surface area contributed by atoms with Crippen LogP contribution in [0.3, 0.4) is 0 Å². The SMILES string of the molecule is C=C=C([C@H](NP(=O)(c1ccccc1)c1ccccc1)C1CCCCC1)[Si](C)(C)C. The van der Waals surface area contributed by atoms with Gasteiger partial charge in [0.15, 0.2) is 0 Å². The molecule has 0 radical (unpaired) electrons. The molecule has 1 aliphatic carbocycles. The molecule has 154 valence electrons. The van der Waals surface area contributed by atoms with E-state index >= 15 is 0 Å². The lowest BCUT2D eigenvalue weighted by Crippen LogP contribution is -2.47. The van der Waals surface area contributed by atoms with E-state index in [4.69, 9.17) is 0 Å². The van der Waals surface area contributed by atoms with Crippen molar-refractivity contribution in [3.63, 3.8) is 0 Å². The van der Waals surface area contributed by atoms with Crippen molar-refractivity contribution in [1.29, 1.82) is 0 Å². The van der Waals surface area contributed by atoms with Gasteiger partial charge in [-0.15, -0.1) is 5.73 Å². The van der Waals surface area contributed by atoms with Crippen molar-refractivity contribution in [3.8, 4) is 0 Å². The molecule has 2 aromatic rings. The highest BCUT2D eigenvalue weighted by molar-refractivity contribution is 7.77. The number of benzene rings is 2. The summed E-state index contributed by atoms with van der Waals surface area (Å²) in [6.45, 7) is 11.1. The summed E-state index contributed by atoms with van der Waals surface area (Å²) in [5.74, 6) is 0.487. The Morgan fingerprint density at radius 1 is 0.966 bits per heavy atom. The van der Waals surface area contributed by atoms with Gasteiger partial charge in [0.05, 0.1) is 8.07 Å². The molecule has 0 bridgehead atoms. The van der Waals surface area contributed by atoms with E-state index in [0.717, 1.165) is 10.6 Å². The minimum Gasteiger partial charge on any atom is -0.297 e. The van der Waals surface area contributed by atoms with Crippen LogP contribution in [0.4, 0.5) is 0 Å². The quantitative estimate of drug-likeness (QED) is 0.334. The third-order valence-corrected chi connectivity index (χ3v) is 10.8. The van der Waals surface area contributed by atoms with Crippen molar-refractivity contribution < 1.29 is 4.57 Å². The largest absolute Gasteiger partial charge is 0.297 e. The Kier molecular flexibility index (Phi) is 7.19. The first-order valence-corrected chi connectivity index (χ1v) is 16.0. The average molecular weight is 424 g/mol. The van der Waals surface area contributed by atoms with E-state index in [1.54, 1.807) is 0 Å². The molecule has 1 aliphatic rings. The standard InChI is InChI=1S/C25H34NOPSi/c1-5-24(29(2,3)4)25(21-15-9-6-10-16-21)26-28(27,22-17-11-7-12-18-22)23-19-13-8-14-20-23/h7-8,11-14,17-21,25H,1,6,9-10,15-16H2,2-4H3,(H,26,27)/t25-/m1/s1. The predicted octanol–water partition coefficient (Wildman–Crippen LogP) is 6.04. The van der Waals surface area contributed by atoms with Gasteiger partial charge < -0.3 is 0 Å². The van der Waals surface area contributed by atoms with Crippen LogP contribution < -0.4 is 15.7 Å². The van der Waals surface area contributed by atoms with E-state index in [0.29, 0.717) is 5.92 Å². The van der Waals surface area contributed by atoms with E-state index in [9.17, 15) is 4.57 Å². The highest BCUT2D eigenvalue weighted by atomic mass is 31.2. The summed E-state index contributed by atoms with van der Waals surface area (Å²) in [7, 11) is -4.68. The zero-order chi connectivity index (χ0) is 20.9. The Morgan fingerprint density at radius 3 is 1.86 bits per heavy atom. The number of hydrogen-bond donors (Lipinski definition) is 1. The highest BCUT2D eigenvalue weighted by Crippen LogP contribution is 2.43. The molecule has 0 saturated heterocycles. The van der Waals surface area contributed by atoms with Crippen molar-refractivity contribution in [2.24, 2.45) is 5.92 Å². The maximum absolute atomic E-state index is 14.7. The molecule has 29 heavy (non-hydrogen) atoms. The van der Waals surface area contributed by atoms with Gasteiger partial charge >= 0.3 is 0 Å². The molecule has 4 heteroatoms. The predicted molar refractivity (Wildman–Crippen MR) is 129 cm³/mol. The molecular weight excluding hydrogens is 389 g/mol. The van der Waals surface area contributed by atoms with E-state index in [1.165, 1.54) is 37.3 Å². The smallest absolute Gasteiger partial charge is 0.205 e. The molecule has 2 aromatic carbocycles. The van der Waals surface area contributed by atoms with Crippen molar-refractivity contribution in [2.75, 3.05) is 0 Å². The molecule has 1 saturated carbocycles. The average Bonchev–Trinajstić information content (AvgIpc) is 2.74. The fraction of sp³-hybridized carbons (Fsp3) is 0.400. The first-order valence-electron chi connectivity index (χ1n) is 10.8. The zero-order valence-corrected chi connectivity index (χ0v) is 19.9. The third kappa shape index (κ3) is 5.11. The molecule has 1 N–H and O–H groups in total. The number of hydrogen-bond acceptors (Lipinski definition) is 1. The molecule has 0 spiro atoms. The van der Waals surface area contributed by atoms with Gasteiger partial charge in [0, 0.05) is 16.7 Å². The molecular formula is C25H34NOPSi. The molecule has 0 amide bonds. The molecule has 2 nitrogen and oxygen atoms in total. The van der Waals surface area contributed by atoms with Gasteiger partial charge in [0.25, 0.3) is 0 Å². The van der Waals surface area contributed by atoms with Gasteiger partial charge in [-0.25, -0.2) is 0 Å². The van der Waals surface area contributed by atoms with Crippen molar-refractivity contribution >= 4 is 26.0 Å². The second-order valence-electron chi connectivity index (χ2n) is 9.13. The van der Waals surface area contributed by atoms with E-state index in [1.807, 2.05) is 60.7 Å². The van der Waals surface area contributed by atoms with Crippen molar-refractivity contribution in [2.45, 2.75) is 57.8 Å². The lowest BCUT2D eigenvalue weighted by molar-refractivity contribution is 0.317. The second-order valence-corrected chi connectivity index (χ2v) is 16.7. The lowest BCUT2D eigenvalue weighted by atomic mass is 9.84. The van der Waals surface area contributed by atoms with Gasteiger partial charge in [-0.1, -0.05) is 81.9 Å². The topological polar surface area (TPSA) is 29.1 Å². The lowest BCUT2D eigenvalue weighted by Gasteiger charge is -2.38. The van der Waals surface area contributed by atoms with Crippen LogP contribution in [0.1, 0.15) is 32.1 Å². The Morgan fingerprint density at radius 2 is 1.45 bits per heavy atom. The summed E-state index contributed by atoms with van der Waals surface area (Å²) in [4.78, 5) is 0. The maximum Gasteiger partial charge on any atom is 0.205 e. The molecule has 0 unspecified atom stereocenters.